The van der Waals surface area contributed by atoms with E-state index in [0.29, 0.717) is 17.1 Å². The number of ether oxygens (including phenoxy) is 2. The van der Waals surface area contributed by atoms with Crippen LogP contribution in [0.3, 0.4) is 0 Å². The van der Waals surface area contributed by atoms with E-state index in [0.717, 1.165) is 5.75 Å². The zero-order chi connectivity index (χ0) is 16.8. The molecule has 4 heteroatoms. The first-order chi connectivity index (χ1) is 11.7. The van der Waals surface area contributed by atoms with Crippen molar-refractivity contribution in [1.29, 1.82) is 0 Å². The molecule has 3 aromatic rings. The van der Waals surface area contributed by atoms with Crippen molar-refractivity contribution in [1.82, 2.24) is 0 Å². The minimum atomic E-state index is -1.05. The summed E-state index contributed by atoms with van der Waals surface area (Å²) in [6.07, 6.45) is -1.05. The average molecular weight is 320 g/mol. The Morgan fingerprint density at radius 3 is 1.79 bits per heavy atom. The fourth-order valence-electron chi connectivity index (χ4n) is 2.24. The first-order valence-corrected chi connectivity index (χ1v) is 7.50. The van der Waals surface area contributed by atoms with Crippen molar-refractivity contribution in [3.8, 4) is 17.2 Å². The molecule has 0 bridgehead atoms. The second kappa shape index (κ2) is 7.33. The monoisotopic (exact) mass is 320 g/mol. The summed E-state index contributed by atoms with van der Waals surface area (Å²) in [4.78, 5) is 11.5. The molecule has 0 saturated carbocycles. The molecule has 3 aromatic carbocycles. The number of carboxylic acid groups (broad SMARTS) is 1. The molecule has 1 unspecified atom stereocenters. The summed E-state index contributed by atoms with van der Waals surface area (Å²) in [5.74, 6) is 0.816. The van der Waals surface area contributed by atoms with Crippen LogP contribution in [0.5, 0.6) is 17.2 Å². The largest absolute Gasteiger partial charge is 0.478 e. The normalized spacial score (nSPS) is 11.5. The molecule has 0 heterocycles. The summed E-state index contributed by atoms with van der Waals surface area (Å²) in [6, 6.07) is 25.1. The second-order valence-electron chi connectivity index (χ2n) is 5.13. The molecule has 0 fully saturated rings. The number of carboxylic acids is 1. The highest BCUT2D eigenvalue weighted by Gasteiger charge is 2.21. The van der Waals surface area contributed by atoms with Crippen molar-refractivity contribution in [2.24, 2.45) is 0 Å². The van der Waals surface area contributed by atoms with E-state index in [-0.39, 0.29) is 0 Å². The zero-order valence-electron chi connectivity index (χ0n) is 12.8. The Morgan fingerprint density at radius 1 is 0.708 bits per heavy atom. The number of para-hydroxylation sites is 1. The van der Waals surface area contributed by atoms with Crippen molar-refractivity contribution in [3.63, 3.8) is 0 Å². The van der Waals surface area contributed by atoms with E-state index in [1.54, 1.807) is 48.5 Å². The van der Waals surface area contributed by atoms with Gasteiger partial charge in [0.1, 0.15) is 17.2 Å². The Balaban J connectivity index is 1.72. The average Bonchev–Trinajstić information content (AvgIpc) is 2.62. The molecule has 0 aliphatic carbocycles. The summed E-state index contributed by atoms with van der Waals surface area (Å²) in [6.45, 7) is 0. The van der Waals surface area contributed by atoms with Crippen LogP contribution in [0.15, 0.2) is 84.9 Å². The van der Waals surface area contributed by atoms with Crippen LogP contribution < -0.4 is 9.47 Å². The van der Waals surface area contributed by atoms with E-state index in [1.807, 2.05) is 36.4 Å². The quantitative estimate of drug-likeness (QED) is 0.716. The first kappa shape index (κ1) is 15.6. The third-order valence-corrected chi connectivity index (χ3v) is 3.38. The fraction of sp³-hybridized carbons (Fsp3) is 0.0500. The molecular weight excluding hydrogens is 304 g/mol. The molecule has 0 amide bonds. The number of hydrogen-bond donors (Lipinski definition) is 1. The lowest BCUT2D eigenvalue weighted by Crippen LogP contribution is -2.18. The lowest BCUT2D eigenvalue weighted by molar-refractivity contribution is -0.145. The lowest BCUT2D eigenvalue weighted by atomic mass is 10.1. The summed E-state index contributed by atoms with van der Waals surface area (Å²) < 4.78 is 11.3. The van der Waals surface area contributed by atoms with Crippen molar-refractivity contribution < 1.29 is 19.4 Å². The maximum Gasteiger partial charge on any atom is 0.349 e. The van der Waals surface area contributed by atoms with E-state index in [4.69, 9.17) is 9.47 Å². The number of rotatable bonds is 6. The van der Waals surface area contributed by atoms with Gasteiger partial charge in [0, 0.05) is 5.56 Å². The van der Waals surface area contributed by atoms with Gasteiger partial charge in [-0.2, -0.15) is 0 Å². The van der Waals surface area contributed by atoms with Crippen molar-refractivity contribution in [2.45, 2.75) is 6.10 Å². The molecule has 1 atom stereocenters. The summed E-state index contributed by atoms with van der Waals surface area (Å²) >= 11 is 0. The zero-order valence-corrected chi connectivity index (χ0v) is 12.8. The molecule has 4 nitrogen and oxygen atoms in total. The van der Waals surface area contributed by atoms with Crippen LogP contribution in [-0.4, -0.2) is 11.1 Å². The highest BCUT2D eigenvalue weighted by atomic mass is 16.5. The molecule has 0 spiro atoms. The maximum absolute atomic E-state index is 11.5. The third-order valence-electron chi connectivity index (χ3n) is 3.38. The molecule has 0 saturated heterocycles. The Hall–Kier alpha value is -3.27. The lowest BCUT2D eigenvalue weighted by Gasteiger charge is -2.15. The van der Waals surface area contributed by atoms with Crippen LogP contribution >= 0.6 is 0 Å². The van der Waals surface area contributed by atoms with Crippen molar-refractivity contribution in [3.05, 3.63) is 90.5 Å². The van der Waals surface area contributed by atoms with Gasteiger partial charge in [-0.3, -0.25) is 0 Å². The van der Waals surface area contributed by atoms with Crippen molar-refractivity contribution >= 4 is 5.97 Å². The van der Waals surface area contributed by atoms with Crippen LogP contribution in [-0.2, 0) is 4.79 Å². The standard InChI is InChI=1S/C20H16O4/c21-20(22)19(15-7-3-1-4-8-15)24-18-13-11-17(12-14-18)23-16-9-5-2-6-10-16/h1-14,19H,(H,21,22). The molecule has 120 valence electrons. The molecule has 0 aliphatic heterocycles. The number of aliphatic carboxylic acids is 1. The second-order valence-corrected chi connectivity index (χ2v) is 5.13. The van der Waals surface area contributed by atoms with Gasteiger partial charge < -0.3 is 14.6 Å². The number of benzene rings is 3. The Bertz CT molecular complexity index is 783. The minimum Gasteiger partial charge on any atom is -0.478 e. The molecule has 0 radical (unpaired) electrons. The molecule has 1 N–H and O–H groups in total. The van der Waals surface area contributed by atoms with E-state index >= 15 is 0 Å². The Labute approximate surface area is 139 Å². The number of carbonyl (C=O) groups is 1. The predicted octanol–water partition coefficient (Wildman–Crippen LogP) is 4.68. The van der Waals surface area contributed by atoms with Gasteiger partial charge >= 0.3 is 5.97 Å². The van der Waals surface area contributed by atoms with E-state index in [9.17, 15) is 9.90 Å². The molecule has 24 heavy (non-hydrogen) atoms. The van der Waals surface area contributed by atoms with Crippen LogP contribution in [0.4, 0.5) is 0 Å². The van der Waals surface area contributed by atoms with Crippen LogP contribution in [0.25, 0.3) is 0 Å². The van der Waals surface area contributed by atoms with Gasteiger partial charge in [-0.05, 0) is 36.4 Å². The van der Waals surface area contributed by atoms with Gasteiger partial charge in [-0.15, -0.1) is 0 Å². The van der Waals surface area contributed by atoms with E-state index in [2.05, 4.69) is 0 Å². The van der Waals surface area contributed by atoms with Crippen molar-refractivity contribution in [2.75, 3.05) is 0 Å². The number of hydrogen-bond acceptors (Lipinski definition) is 3. The fourth-order valence-corrected chi connectivity index (χ4v) is 2.24. The molecule has 0 aromatic heterocycles. The molecular formula is C20H16O4. The van der Waals surface area contributed by atoms with Gasteiger partial charge in [0.2, 0.25) is 6.10 Å². The highest BCUT2D eigenvalue weighted by molar-refractivity contribution is 5.74. The molecule has 0 aliphatic rings. The molecule has 3 rings (SSSR count). The Morgan fingerprint density at radius 2 is 1.21 bits per heavy atom. The van der Waals surface area contributed by atoms with Gasteiger partial charge in [0.05, 0.1) is 0 Å². The summed E-state index contributed by atoms with van der Waals surface area (Å²) in [7, 11) is 0. The predicted molar refractivity (Wildman–Crippen MR) is 90.4 cm³/mol. The van der Waals surface area contributed by atoms with Gasteiger partial charge in [-0.25, -0.2) is 4.79 Å². The summed E-state index contributed by atoms with van der Waals surface area (Å²) in [5, 5.41) is 9.39. The third kappa shape index (κ3) is 3.93. The topological polar surface area (TPSA) is 55.8 Å². The Kier molecular flexibility index (Phi) is 4.77. The van der Waals surface area contributed by atoms with E-state index in [1.165, 1.54) is 0 Å². The minimum absolute atomic E-state index is 0.465. The van der Waals surface area contributed by atoms with Gasteiger partial charge in [0.15, 0.2) is 0 Å². The maximum atomic E-state index is 11.5. The SMILES string of the molecule is O=C(O)C(Oc1ccc(Oc2ccccc2)cc1)c1ccccc1. The smallest absolute Gasteiger partial charge is 0.349 e. The van der Waals surface area contributed by atoms with Gasteiger partial charge in [0.25, 0.3) is 0 Å². The summed E-state index contributed by atoms with van der Waals surface area (Å²) in [5.41, 5.74) is 0.592. The highest BCUT2D eigenvalue weighted by Crippen LogP contribution is 2.26. The van der Waals surface area contributed by atoms with Crippen LogP contribution in [0.1, 0.15) is 11.7 Å². The van der Waals surface area contributed by atoms with Gasteiger partial charge in [-0.1, -0.05) is 48.5 Å². The van der Waals surface area contributed by atoms with Crippen LogP contribution in [0.2, 0.25) is 0 Å². The first-order valence-electron chi connectivity index (χ1n) is 7.50. The van der Waals surface area contributed by atoms with E-state index < -0.39 is 12.1 Å². The van der Waals surface area contributed by atoms with Crippen LogP contribution in [0, 0.1) is 0 Å².